The average Bonchev–Trinajstić information content (AvgIpc) is 3.40. The second-order valence-corrected chi connectivity index (χ2v) is 15.0. The zero-order chi connectivity index (χ0) is 24.9. The predicted molar refractivity (Wildman–Crippen MR) is 143 cm³/mol. The fourth-order valence-corrected chi connectivity index (χ4v) is 10.0. The average molecular weight is 590 g/mol. The number of methoxy groups -OCH3 is 1. The quantitative estimate of drug-likeness (QED) is 0.161. The van der Waals surface area contributed by atoms with Gasteiger partial charge in [-0.05, 0) is 0 Å². The Labute approximate surface area is 222 Å². The van der Waals surface area contributed by atoms with Crippen molar-refractivity contribution in [1.29, 1.82) is 0 Å². The number of rotatable bonds is 16. The maximum atomic E-state index is 6.14. The molecule has 1 unspecified atom stereocenters. The predicted octanol–water partition coefficient (Wildman–Crippen LogP) is 6.69. The molecule has 35 heavy (non-hydrogen) atoms. The van der Waals surface area contributed by atoms with Crippen LogP contribution in [0.2, 0.25) is 3.43 Å². The van der Waals surface area contributed by atoms with E-state index in [9.17, 15) is 0 Å². The van der Waals surface area contributed by atoms with Crippen molar-refractivity contribution in [2.45, 2.75) is 107 Å². The van der Waals surface area contributed by atoms with E-state index in [4.69, 9.17) is 19.2 Å². The fourth-order valence-electron chi connectivity index (χ4n) is 4.86. The van der Waals surface area contributed by atoms with E-state index in [2.05, 4.69) is 38.1 Å². The molecule has 6 nitrogen and oxygen atoms in total. The number of hydrogen-bond acceptors (Lipinski definition) is 5. The van der Waals surface area contributed by atoms with E-state index >= 15 is 0 Å². The first-order valence-corrected chi connectivity index (χ1v) is 16.6. The Bertz CT molecular complexity index is 845. The van der Waals surface area contributed by atoms with Gasteiger partial charge >= 0.3 is 223 Å². The molecule has 1 aliphatic rings. The SMILES string of the molecule is CCCC[C](CCCC)(CCCC)[Sn][c]1ncc(-c2cnn(C3CCCCO3)c2)cc1OCOC. The summed E-state index contributed by atoms with van der Waals surface area (Å²) in [5.41, 5.74) is 2.10. The minimum absolute atomic E-state index is 0.0410. The molecule has 1 saturated heterocycles. The Morgan fingerprint density at radius 2 is 1.74 bits per heavy atom. The Balaban J connectivity index is 1.87. The molecule has 0 aliphatic carbocycles. The van der Waals surface area contributed by atoms with E-state index in [0.717, 1.165) is 36.3 Å². The Morgan fingerprint density at radius 3 is 2.34 bits per heavy atom. The van der Waals surface area contributed by atoms with Crippen molar-refractivity contribution in [3.63, 3.8) is 0 Å². The van der Waals surface area contributed by atoms with Crippen molar-refractivity contribution in [1.82, 2.24) is 14.8 Å². The Hall–Kier alpha value is -1.12. The van der Waals surface area contributed by atoms with Gasteiger partial charge in [-0.15, -0.1) is 0 Å². The fraction of sp³-hybridized carbons (Fsp3) is 0.714. The van der Waals surface area contributed by atoms with Gasteiger partial charge in [-0.2, -0.15) is 0 Å². The molecule has 2 aromatic rings. The molecular formula is C28H45N3O3Sn. The standard InChI is InChI=1S/C15H18N3O3.C13H27.Sn/c1-19-11-21-14-6-12(7-16-9-14)13-8-17-18(10-13)15-4-2-3-5-20-15;1-4-7-10-13(11-8-5-2)12-9-6-3;/h6-8,10,15H,2-5,11H2,1H3;4-12H2,1-3H3;. The summed E-state index contributed by atoms with van der Waals surface area (Å²) in [6, 6.07) is 2.16. The molecule has 0 N–H and O–H groups in total. The van der Waals surface area contributed by atoms with Gasteiger partial charge in [-0.25, -0.2) is 0 Å². The molecule has 1 atom stereocenters. The van der Waals surface area contributed by atoms with Crippen LogP contribution in [0, 0.1) is 0 Å². The van der Waals surface area contributed by atoms with E-state index in [-0.39, 0.29) is 13.0 Å². The first-order chi connectivity index (χ1) is 17.1. The summed E-state index contributed by atoms with van der Waals surface area (Å²) < 4.78 is 21.0. The van der Waals surface area contributed by atoms with Gasteiger partial charge in [-0.1, -0.05) is 0 Å². The van der Waals surface area contributed by atoms with Crippen LogP contribution in [-0.2, 0) is 9.47 Å². The van der Waals surface area contributed by atoms with Gasteiger partial charge in [-0.3, -0.25) is 0 Å². The molecule has 0 amide bonds. The van der Waals surface area contributed by atoms with Crippen LogP contribution in [0.25, 0.3) is 11.1 Å². The summed E-state index contributed by atoms with van der Waals surface area (Å²) in [5, 5.41) is 4.60. The van der Waals surface area contributed by atoms with Gasteiger partial charge in [0.2, 0.25) is 0 Å². The van der Waals surface area contributed by atoms with Gasteiger partial charge in [0.1, 0.15) is 0 Å². The number of unbranched alkanes of at least 4 members (excludes halogenated alkanes) is 3. The van der Waals surface area contributed by atoms with Gasteiger partial charge < -0.3 is 0 Å². The topological polar surface area (TPSA) is 58.4 Å². The van der Waals surface area contributed by atoms with Crippen LogP contribution in [0.1, 0.15) is 104 Å². The van der Waals surface area contributed by atoms with Crippen LogP contribution in [-0.4, -0.2) is 56.4 Å². The first kappa shape index (κ1) is 28.5. The van der Waals surface area contributed by atoms with Gasteiger partial charge in [0.05, 0.1) is 0 Å². The van der Waals surface area contributed by atoms with Crippen LogP contribution in [0.4, 0.5) is 0 Å². The molecule has 3 heterocycles. The molecule has 2 radical (unpaired) electrons. The molecule has 0 spiro atoms. The molecule has 0 aromatic carbocycles. The van der Waals surface area contributed by atoms with E-state index in [1.54, 1.807) is 7.11 Å². The maximum absolute atomic E-state index is 6.14. The monoisotopic (exact) mass is 591 g/mol. The second-order valence-electron chi connectivity index (χ2n) is 9.87. The van der Waals surface area contributed by atoms with Crippen molar-refractivity contribution < 1.29 is 14.2 Å². The van der Waals surface area contributed by atoms with Crippen LogP contribution in [0.5, 0.6) is 5.75 Å². The summed E-state index contributed by atoms with van der Waals surface area (Å²) in [6.45, 7) is 8.00. The summed E-state index contributed by atoms with van der Waals surface area (Å²) >= 11 is -1.02. The molecule has 1 aliphatic heterocycles. The van der Waals surface area contributed by atoms with Crippen LogP contribution < -0.4 is 8.45 Å². The summed E-state index contributed by atoms with van der Waals surface area (Å²) in [6.07, 6.45) is 21.1. The van der Waals surface area contributed by atoms with Gasteiger partial charge in [0, 0.05) is 0 Å². The summed E-state index contributed by atoms with van der Waals surface area (Å²) in [4.78, 5) is 5.07. The van der Waals surface area contributed by atoms with Crippen molar-refractivity contribution in [2.75, 3.05) is 20.5 Å². The van der Waals surface area contributed by atoms with Crippen LogP contribution >= 0.6 is 0 Å². The third-order valence-electron chi connectivity index (χ3n) is 6.98. The number of nitrogens with zero attached hydrogens (tertiary/aromatic N) is 3. The Kier molecular flexibility index (Phi) is 12.4. The molecule has 0 bridgehead atoms. The van der Waals surface area contributed by atoms with E-state index in [1.165, 1.54) is 67.9 Å². The van der Waals surface area contributed by atoms with Crippen molar-refractivity contribution in [2.24, 2.45) is 0 Å². The van der Waals surface area contributed by atoms with E-state index in [0.29, 0.717) is 3.43 Å². The zero-order valence-electron chi connectivity index (χ0n) is 22.4. The van der Waals surface area contributed by atoms with Crippen LogP contribution in [0.15, 0.2) is 24.7 Å². The van der Waals surface area contributed by atoms with Crippen LogP contribution in [0.3, 0.4) is 0 Å². The number of ether oxygens (including phenoxy) is 3. The third-order valence-corrected chi connectivity index (χ3v) is 12.4. The molecular weight excluding hydrogens is 545 g/mol. The molecule has 7 heteroatoms. The van der Waals surface area contributed by atoms with Crippen molar-refractivity contribution in [3.8, 4) is 16.9 Å². The molecule has 0 saturated carbocycles. The molecule has 3 rings (SSSR count). The zero-order valence-corrected chi connectivity index (χ0v) is 25.2. The van der Waals surface area contributed by atoms with Crippen molar-refractivity contribution >= 4 is 24.9 Å². The molecule has 1 fully saturated rings. The second kappa shape index (κ2) is 15.2. The van der Waals surface area contributed by atoms with E-state index in [1.807, 2.05) is 17.1 Å². The van der Waals surface area contributed by atoms with Gasteiger partial charge in [0.15, 0.2) is 0 Å². The normalized spacial score (nSPS) is 16.5. The van der Waals surface area contributed by atoms with Gasteiger partial charge in [0.25, 0.3) is 0 Å². The number of aromatic nitrogens is 3. The third kappa shape index (κ3) is 8.46. The van der Waals surface area contributed by atoms with Crippen molar-refractivity contribution in [3.05, 3.63) is 24.7 Å². The first-order valence-electron chi connectivity index (χ1n) is 13.7. The van der Waals surface area contributed by atoms with E-state index < -0.39 is 21.1 Å². The number of pyridine rings is 1. The summed E-state index contributed by atoms with van der Waals surface area (Å²) in [5.74, 6) is 0.909. The Morgan fingerprint density at radius 1 is 1.03 bits per heavy atom. The summed E-state index contributed by atoms with van der Waals surface area (Å²) in [7, 11) is 1.68. The molecule has 2 aromatic heterocycles. The molecule has 194 valence electrons. The minimum atomic E-state index is -1.02. The number of hydrogen-bond donors (Lipinski definition) is 0.